The Morgan fingerprint density at radius 1 is 1.30 bits per heavy atom. The highest BCUT2D eigenvalue weighted by molar-refractivity contribution is 6.32. The molecule has 6 heteroatoms. The van der Waals surface area contributed by atoms with Crippen LogP contribution in [0.2, 0.25) is 5.02 Å². The molecule has 108 valence electrons. The Kier molecular flexibility index (Phi) is 4.84. The van der Waals surface area contributed by atoms with E-state index in [1.54, 1.807) is 41.0 Å². The molecule has 0 aromatic heterocycles. The average molecular weight is 297 g/mol. The van der Waals surface area contributed by atoms with Crippen LogP contribution in [0.25, 0.3) is 0 Å². The van der Waals surface area contributed by atoms with Gasteiger partial charge in [-0.05, 0) is 19.1 Å². The summed E-state index contributed by atoms with van der Waals surface area (Å²) >= 11 is 6.00. The Bertz CT molecular complexity index is 487. The monoisotopic (exact) mass is 296 g/mol. The summed E-state index contributed by atoms with van der Waals surface area (Å²) in [4.78, 5) is 26.3. The number of amides is 2. The molecule has 0 spiro atoms. The Morgan fingerprint density at radius 2 is 1.95 bits per heavy atom. The summed E-state index contributed by atoms with van der Waals surface area (Å²) in [6.07, 6.45) is 0.212. The summed E-state index contributed by atoms with van der Waals surface area (Å²) in [6, 6.07) is 7.06. The fraction of sp³-hybridized carbons (Fsp3) is 0.429. The van der Waals surface area contributed by atoms with Crippen molar-refractivity contribution in [3.63, 3.8) is 0 Å². The van der Waals surface area contributed by atoms with Crippen molar-refractivity contribution in [3.05, 3.63) is 29.3 Å². The van der Waals surface area contributed by atoms with E-state index in [-0.39, 0.29) is 5.91 Å². The van der Waals surface area contributed by atoms with Gasteiger partial charge in [-0.25, -0.2) is 0 Å². The van der Waals surface area contributed by atoms with E-state index in [9.17, 15) is 9.59 Å². The van der Waals surface area contributed by atoms with Crippen LogP contribution >= 0.6 is 11.6 Å². The van der Waals surface area contributed by atoms with Gasteiger partial charge in [0.1, 0.15) is 5.75 Å². The van der Waals surface area contributed by atoms with Gasteiger partial charge in [0.2, 0.25) is 6.41 Å². The van der Waals surface area contributed by atoms with Crippen LogP contribution in [0.4, 0.5) is 0 Å². The van der Waals surface area contributed by atoms with Crippen molar-refractivity contribution in [3.8, 4) is 5.75 Å². The van der Waals surface area contributed by atoms with Gasteiger partial charge in [0.25, 0.3) is 5.91 Å². The molecule has 5 nitrogen and oxygen atoms in total. The zero-order valence-electron chi connectivity index (χ0n) is 11.3. The molecule has 1 fully saturated rings. The molecule has 2 rings (SSSR count). The molecule has 1 aromatic rings. The lowest BCUT2D eigenvalue weighted by Crippen LogP contribution is -2.51. The minimum Gasteiger partial charge on any atom is -0.479 e. The molecule has 0 bridgehead atoms. The Morgan fingerprint density at radius 3 is 2.55 bits per heavy atom. The van der Waals surface area contributed by atoms with Gasteiger partial charge < -0.3 is 14.5 Å². The molecule has 1 aliphatic heterocycles. The zero-order chi connectivity index (χ0) is 14.5. The van der Waals surface area contributed by atoms with Gasteiger partial charge >= 0.3 is 0 Å². The summed E-state index contributed by atoms with van der Waals surface area (Å²) < 4.78 is 5.61. The van der Waals surface area contributed by atoms with Gasteiger partial charge in [0.05, 0.1) is 5.02 Å². The van der Waals surface area contributed by atoms with Crippen molar-refractivity contribution in [2.24, 2.45) is 0 Å². The minimum absolute atomic E-state index is 0.0875. The van der Waals surface area contributed by atoms with Crippen LogP contribution in [-0.4, -0.2) is 54.4 Å². The van der Waals surface area contributed by atoms with Crippen LogP contribution in [-0.2, 0) is 9.59 Å². The van der Waals surface area contributed by atoms with Gasteiger partial charge in [-0.1, -0.05) is 23.7 Å². The van der Waals surface area contributed by atoms with Crippen LogP contribution in [0.3, 0.4) is 0 Å². The fourth-order valence-electron chi connectivity index (χ4n) is 2.09. The highest BCUT2D eigenvalue weighted by atomic mass is 35.5. The molecular weight excluding hydrogens is 280 g/mol. The first-order chi connectivity index (χ1) is 9.61. The third-order valence-corrected chi connectivity index (χ3v) is 3.58. The van der Waals surface area contributed by atoms with E-state index < -0.39 is 6.10 Å². The SMILES string of the molecule is CC(Oc1ccccc1Cl)C(=O)N1CCN(C=O)CC1. The first-order valence-electron chi connectivity index (χ1n) is 6.51. The summed E-state index contributed by atoms with van der Waals surface area (Å²) in [5.41, 5.74) is 0. The van der Waals surface area contributed by atoms with Crippen molar-refractivity contribution >= 4 is 23.9 Å². The largest absolute Gasteiger partial charge is 0.479 e. The second-order valence-electron chi connectivity index (χ2n) is 4.66. The van der Waals surface area contributed by atoms with Crippen molar-refractivity contribution in [1.29, 1.82) is 0 Å². The summed E-state index contributed by atoms with van der Waals surface area (Å²) in [7, 11) is 0. The second kappa shape index (κ2) is 6.61. The van der Waals surface area contributed by atoms with Crippen LogP contribution in [0.1, 0.15) is 6.92 Å². The van der Waals surface area contributed by atoms with E-state index in [4.69, 9.17) is 16.3 Å². The van der Waals surface area contributed by atoms with Crippen molar-refractivity contribution in [2.75, 3.05) is 26.2 Å². The van der Waals surface area contributed by atoms with Crippen LogP contribution in [0.5, 0.6) is 5.75 Å². The number of piperazine rings is 1. The smallest absolute Gasteiger partial charge is 0.263 e. The summed E-state index contributed by atoms with van der Waals surface area (Å²) in [6.45, 7) is 3.90. The molecule has 0 N–H and O–H groups in total. The molecule has 1 aliphatic rings. The fourth-order valence-corrected chi connectivity index (χ4v) is 2.27. The maximum absolute atomic E-state index is 12.3. The highest BCUT2D eigenvalue weighted by Gasteiger charge is 2.25. The molecule has 1 aromatic carbocycles. The van der Waals surface area contributed by atoms with E-state index >= 15 is 0 Å². The quantitative estimate of drug-likeness (QED) is 0.789. The lowest BCUT2D eigenvalue weighted by molar-refractivity contribution is -0.141. The maximum atomic E-state index is 12.3. The molecule has 1 unspecified atom stereocenters. The van der Waals surface area contributed by atoms with Crippen molar-refractivity contribution < 1.29 is 14.3 Å². The van der Waals surface area contributed by atoms with Crippen molar-refractivity contribution in [1.82, 2.24) is 9.80 Å². The minimum atomic E-state index is -0.599. The van der Waals surface area contributed by atoms with Gasteiger partial charge in [-0.3, -0.25) is 9.59 Å². The normalized spacial score (nSPS) is 16.7. The third kappa shape index (κ3) is 3.42. The van der Waals surface area contributed by atoms with Gasteiger partial charge in [0, 0.05) is 26.2 Å². The topological polar surface area (TPSA) is 49.9 Å². The van der Waals surface area contributed by atoms with E-state index in [1.807, 2.05) is 0 Å². The molecule has 0 radical (unpaired) electrons. The number of rotatable bonds is 4. The Hall–Kier alpha value is -1.75. The van der Waals surface area contributed by atoms with E-state index in [1.165, 1.54) is 0 Å². The van der Waals surface area contributed by atoms with Crippen molar-refractivity contribution in [2.45, 2.75) is 13.0 Å². The number of ether oxygens (including phenoxy) is 1. The Balaban J connectivity index is 1.93. The highest BCUT2D eigenvalue weighted by Crippen LogP contribution is 2.24. The molecular formula is C14H17ClN2O3. The molecule has 1 saturated heterocycles. The molecule has 1 heterocycles. The predicted molar refractivity (Wildman–Crippen MR) is 75.8 cm³/mol. The first kappa shape index (κ1) is 14.7. The molecule has 20 heavy (non-hydrogen) atoms. The number of para-hydroxylation sites is 1. The standard InChI is InChI=1S/C14H17ClN2O3/c1-11(20-13-5-3-2-4-12(13)15)14(19)17-8-6-16(10-18)7-9-17/h2-5,10-11H,6-9H2,1H3. The zero-order valence-corrected chi connectivity index (χ0v) is 12.0. The van der Waals surface area contributed by atoms with E-state index in [0.717, 1.165) is 6.41 Å². The summed E-state index contributed by atoms with van der Waals surface area (Å²) in [5.74, 6) is 0.414. The molecule has 0 aliphatic carbocycles. The molecule has 2 amide bonds. The first-order valence-corrected chi connectivity index (χ1v) is 6.89. The van der Waals surface area contributed by atoms with Crippen LogP contribution < -0.4 is 4.74 Å². The number of nitrogens with zero attached hydrogens (tertiary/aromatic N) is 2. The molecule has 0 saturated carbocycles. The van der Waals surface area contributed by atoms with E-state index in [0.29, 0.717) is 37.0 Å². The van der Waals surface area contributed by atoms with Gasteiger partial charge in [0.15, 0.2) is 6.10 Å². The average Bonchev–Trinajstić information content (AvgIpc) is 2.49. The number of carbonyl (C=O) groups is 2. The number of halogens is 1. The van der Waals surface area contributed by atoms with Gasteiger partial charge in [-0.2, -0.15) is 0 Å². The number of carbonyl (C=O) groups excluding carboxylic acids is 2. The number of hydrogen-bond acceptors (Lipinski definition) is 3. The van der Waals surface area contributed by atoms with Crippen LogP contribution in [0.15, 0.2) is 24.3 Å². The Labute approximate surface area is 123 Å². The lowest BCUT2D eigenvalue weighted by Gasteiger charge is -2.34. The lowest BCUT2D eigenvalue weighted by atomic mass is 10.2. The summed E-state index contributed by atoms with van der Waals surface area (Å²) in [5, 5.41) is 0.484. The predicted octanol–water partition coefficient (Wildman–Crippen LogP) is 1.41. The number of hydrogen-bond donors (Lipinski definition) is 0. The van der Waals surface area contributed by atoms with Gasteiger partial charge in [-0.15, -0.1) is 0 Å². The second-order valence-corrected chi connectivity index (χ2v) is 5.06. The maximum Gasteiger partial charge on any atom is 0.263 e. The third-order valence-electron chi connectivity index (χ3n) is 3.26. The number of benzene rings is 1. The van der Waals surface area contributed by atoms with Crippen LogP contribution in [0, 0.1) is 0 Å². The van der Waals surface area contributed by atoms with E-state index in [2.05, 4.69) is 0 Å². The molecule has 1 atom stereocenters.